The minimum absolute atomic E-state index is 0.0831. The Hall–Kier alpha value is -1.34. The molecule has 6 nitrogen and oxygen atoms in total. The van der Waals surface area contributed by atoms with Crippen LogP contribution < -0.4 is 5.73 Å². The standard InChI is InChI=1S/C12H20N4O2S/c1-3-6-15-9-11(12(13)14-15)19(17,18)16-7-4-10(2)5-8-16/h4,9H,3,5-8H2,1-2H3,(H2,13,14). The van der Waals surface area contributed by atoms with Gasteiger partial charge in [-0.1, -0.05) is 18.6 Å². The molecule has 0 saturated carbocycles. The lowest BCUT2D eigenvalue weighted by molar-refractivity contribution is 0.431. The normalized spacial score (nSPS) is 17.5. The van der Waals surface area contributed by atoms with Crippen molar-refractivity contribution < 1.29 is 8.42 Å². The fourth-order valence-corrected chi connectivity index (χ4v) is 3.51. The molecule has 0 fully saturated rings. The monoisotopic (exact) mass is 284 g/mol. The van der Waals surface area contributed by atoms with Crippen LogP contribution in [-0.4, -0.2) is 35.6 Å². The Labute approximate surface area is 113 Å². The molecule has 0 saturated heterocycles. The van der Waals surface area contributed by atoms with Crippen LogP contribution in [0.2, 0.25) is 0 Å². The topological polar surface area (TPSA) is 81.2 Å². The molecule has 0 spiro atoms. The van der Waals surface area contributed by atoms with Crippen molar-refractivity contribution in [3.8, 4) is 0 Å². The first-order valence-corrected chi connectivity index (χ1v) is 7.88. The number of anilines is 1. The average molecular weight is 284 g/mol. The van der Waals surface area contributed by atoms with Gasteiger partial charge in [-0.2, -0.15) is 9.40 Å². The summed E-state index contributed by atoms with van der Waals surface area (Å²) in [6, 6.07) is 0. The molecular weight excluding hydrogens is 264 g/mol. The van der Waals surface area contributed by atoms with Crippen LogP contribution in [0.25, 0.3) is 0 Å². The van der Waals surface area contributed by atoms with Crippen LogP contribution in [-0.2, 0) is 16.6 Å². The molecule has 106 valence electrons. The Bertz CT molecular complexity index is 589. The summed E-state index contributed by atoms with van der Waals surface area (Å²) in [6.45, 7) is 5.59. The van der Waals surface area contributed by atoms with E-state index in [9.17, 15) is 8.42 Å². The minimum Gasteiger partial charge on any atom is -0.381 e. The Morgan fingerprint density at radius 2 is 2.21 bits per heavy atom. The van der Waals surface area contributed by atoms with Gasteiger partial charge in [0.1, 0.15) is 4.90 Å². The molecule has 1 aromatic heterocycles. The Balaban J connectivity index is 2.29. The smallest absolute Gasteiger partial charge is 0.248 e. The molecule has 1 aliphatic heterocycles. The van der Waals surface area contributed by atoms with Gasteiger partial charge in [0.15, 0.2) is 5.82 Å². The van der Waals surface area contributed by atoms with Crippen molar-refractivity contribution in [3.05, 3.63) is 17.8 Å². The molecule has 0 bridgehead atoms. The molecule has 0 atom stereocenters. The van der Waals surface area contributed by atoms with E-state index in [0.29, 0.717) is 19.6 Å². The summed E-state index contributed by atoms with van der Waals surface area (Å²) in [5.74, 6) is 0.0831. The number of hydrogen-bond acceptors (Lipinski definition) is 4. The van der Waals surface area contributed by atoms with Crippen molar-refractivity contribution in [1.29, 1.82) is 0 Å². The van der Waals surface area contributed by atoms with Gasteiger partial charge in [-0.3, -0.25) is 4.68 Å². The second-order valence-electron chi connectivity index (χ2n) is 4.81. The third-order valence-corrected chi connectivity index (χ3v) is 5.11. The van der Waals surface area contributed by atoms with E-state index in [0.717, 1.165) is 12.8 Å². The second kappa shape index (κ2) is 5.34. The van der Waals surface area contributed by atoms with E-state index < -0.39 is 10.0 Å². The SMILES string of the molecule is CCCn1cc(S(=O)(=O)N2CC=C(C)CC2)c(N)n1. The number of nitrogen functional groups attached to an aromatic ring is 1. The number of nitrogens with zero attached hydrogens (tertiary/aromatic N) is 3. The maximum Gasteiger partial charge on any atom is 0.248 e. The van der Waals surface area contributed by atoms with Crippen LogP contribution in [0.15, 0.2) is 22.7 Å². The van der Waals surface area contributed by atoms with Gasteiger partial charge in [-0.15, -0.1) is 0 Å². The first-order valence-electron chi connectivity index (χ1n) is 6.44. The molecule has 2 heterocycles. The number of aryl methyl sites for hydroxylation is 1. The van der Waals surface area contributed by atoms with Gasteiger partial charge in [0.05, 0.1) is 0 Å². The lowest BCUT2D eigenvalue weighted by Crippen LogP contribution is -2.34. The maximum absolute atomic E-state index is 12.5. The third-order valence-electron chi connectivity index (χ3n) is 3.22. The van der Waals surface area contributed by atoms with Crippen molar-refractivity contribution in [2.45, 2.75) is 38.1 Å². The molecule has 0 radical (unpaired) electrons. The average Bonchev–Trinajstić information content (AvgIpc) is 2.72. The van der Waals surface area contributed by atoms with Crippen molar-refractivity contribution in [3.63, 3.8) is 0 Å². The Morgan fingerprint density at radius 1 is 1.47 bits per heavy atom. The van der Waals surface area contributed by atoms with Crippen molar-refractivity contribution in [2.75, 3.05) is 18.8 Å². The zero-order valence-electron chi connectivity index (χ0n) is 11.3. The summed E-state index contributed by atoms with van der Waals surface area (Å²) >= 11 is 0. The maximum atomic E-state index is 12.5. The van der Waals surface area contributed by atoms with Gasteiger partial charge < -0.3 is 5.73 Å². The molecule has 2 N–H and O–H groups in total. The van der Waals surface area contributed by atoms with E-state index in [1.165, 1.54) is 16.1 Å². The van der Waals surface area contributed by atoms with E-state index >= 15 is 0 Å². The van der Waals surface area contributed by atoms with Gasteiger partial charge in [0.25, 0.3) is 0 Å². The van der Waals surface area contributed by atoms with Crippen LogP contribution in [0.5, 0.6) is 0 Å². The van der Waals surface area contributed by atoms with E-state index in [-0.39, 0.29) is 10.7 Å². The zero-order valence-corrected chi connectivity index (χ0v) is 12.2. The minimum atomic E-state index is -3.53. The summed E-state index contributed by atoms with van der Waals surface area (Å²) in [4.78, 5) is 0.119. The molecule has 1 aromatic rings. The fraction of sp³-hybridized carbons (Fsp3) is 0.583. The van der Waals surface area contributed by atoms with Crippen LogP contribution in [0, 0.1) is 0 Å². The number of sulfonamides is 1. The van der Waals surface area contributed by atoms with E-state index in [4.69, 9.17) is 5.73 Å². The Kier molecular flexibility index (Phi) is 3.96. The molecule has 1 aliphatic rings. The highest BCUT2D eigenvalue weighted by molar-refractivity contribution is 7.89. The van der Waals surface area contributed by atoms with Gasteiger partial charge in [-0.05, 0) is 19.8 Å². The summed E-state index contributed by atoms with van der Waals surface area (Å²) in [5.41, 5.74) is 6.96. The molecule has 0 aliphatic carbocycles. The molecule has 0 unspecified atom stereocenters. The van der Waals surface area contributed by atoms with Crippen LogP contribution >= 0.6 is 0 Å². The van der Waals surface area contributed by atoms with Gasteiger partial charge in [0.2, 0.25) is 10.0 Å². The molecule has 0 amide bonds. The van der Waals surface area contributed by atoms with Crippen molar-refractivity contribution >= 4 is 15.8 Å². The quantitative estimate of drug-likeness (QED) is 0.843. The lowest BCUT2D eigenvalue weighted by atomic mass is 10.1. The summed E-state index contributed by atoms with van der Waals surface area (Å²) < 4.78 is 28.0. The summed E-state index contributed by atoms with van der Waals surface area (Å²) in [5, 5.41) is 4.05. The Morgan fingerprint density at radius 3 is 2.79 bits per heavy atom. The van der Waals surface area contributed by atoms with E-state index in [1.54, 1.807) is 4.68 Å². The fourth-order valence-electron chi connectivity index (χ4n) is 2.07. The molecule has 2 rings (SSSR count). The van der Waals surface area contributed by atoms with Crippen LogP contribution in [0.1, 0.15) is 26.7 Å². The highest BCUT2D eigenvalue weighted by atomic mass is 32.2. The van der Waals surface area contributed by atoms with E-state index in [2.05, 4.69) is 5.10 Å². The third kappa shape index (κ3) is 2.82. The largest absolute Gasteiger partial charge is 0.381 e. The zero-order chi connectivity index (χ0) is 14.0. The van der Waals surface area contributed by atoms with Crippen molar-refractivity contribution in [2.24, 2.45) is 0 Å². The van der Waals surface area contributed by atoms with Gasteiger partial charge >= 0.3 is 0 Å². The molecule has 7 heteroatoms. The lowest BCUT2D eigenvalue weighted by Gasteiger charge is -2.24. The number of aromatic nitrogens is 2. The van der Waals surface area contributed by atoms with E-state index in [1.807, 2.05) is 19.9 Å². The molecular formula is C12H20N4O2S. The van der Waals surface area contributed by atoms with Gasteiger partial charge in [-0.25, -0.2) is 8.42 Å². The van der Waals surface area contributed by atoms with Crippen LogP contribution in [0.3, 0.4) is 0 Å². The predicted octanol–water partition coefficient (Wildman–Crippen LogP) is 1.22. The number of nitrogens with two attached hydrogens (primary N) is 1. The highest BCUT2D eigenvalue weighted by Gasteiger charge is 2.29. The molecule has 19 heavy (non-hydrogen) atoms. The summed E-state index contributed by atoms with van der Waals surface area (Å²) in [6.07, 6.45) is 5.11. The van der Waals surface area contributed by atoms with Crippen LogP contribution in [0.4, 0.5) is 5.82 Å². The molecule has 0 aromatic carbocycles. The first kappa shape index (κ1) is 14.1. The number of hydrogen-bond donors (Lipinski definition) is 1. The first-order chi connectivity index (χ1) is 8.95. The van der Waals surface area contributed by atoms with Crippen molar-refractivity contribution in [1.82, 2.24) is 14.1 Å². The van der Waals surface area contributed by atoms with Gasteiger partial charge in [0, 0.05) is 25.8 Å². The predicted molar refractivity (Wildman–Crippen MR) is 74.1 cm³/mol. The summed E-state index contributed by atoms with van der Waals surface area (Å²) in [7, 11) is -3.53. The highest BCUT2D eigenvalue weighted by Crippen LogP contribution is 2.24. The number of rotatable bonds is 4. The second-order valence-corrected chi connectivity index (χ2v) is 6.71.